The van der Waals surface area contributed by atoms with Crippen molar-refractivity contribution >= 4 is 21.6 Å². The number of nitrogens with zero attached hydrogens (tertiary/aromatic N) is 3. The molecule has 1 aromatic heterocycles. The molecule has 2 heterocycles. The van der Waals surface area contributed by atoms with Crippen molar-refractivity contribution in [3.05, 3.63) is 42.2 Å². The number of anilines is 1. The highest BCUT2D eigenvalue weighted by Gasteiger charge is 2.26. The molecule has 3 rings (SSSR count). The van der Waals surface area contributed by atoms with Gasteiger partial charge in [-0.2, -0.15) is 9.40 Å². The standard InChI is InChI=1S/C16H20N4O4S/c1-13-10-17-19(11-13)12-16(21)18-14-2-4-15(5-3-14)25(22,23)20-6-8-24-9-7-20/h2-5,10-11H,6-9,12H2,1H3,(H,18,21). The summed E-state index contributed by atoms with van der Waals surface area (Å²) in [4.78, 5) is 12.2. The molecule has 1 saturated heterocycles. The number of aromatic nitrogens is 2. The number of benzene rings is 1. The smallest absolute Gasteiger partial charge is 0.246 e. The lowest BCUT2D eigenvalue weighted by Gasteiger charge is -2.26. The van der Waals surface area contributed by atoms with Crippen LogP contribution in [0.25, 0.3) is 0 Å². The average molecular weight is 364 g/mol. The number of hydrogen-bond donors (Lipinski definition) is 1. The molecular formula is C16H20N4O4S. The molecule has 134 valence electrons. The van der Waals surface area contributed by atoms with Crippen molar-refractivity contribution < 1.29 is 17.9 Å². The molecule has 1 aliphatic rings. The highest BCUT2D eigenvalue weighted by molar-refractivity contribution is 7.89. The molecule has 0 radical (unpaired) electrons. The molecule has 8 nitrogen and oxygen atoms in total. The summed E-state index contributed by atoms with van der Waals surface area (Å²) in [5.41, 5.74) is 1.51. The first-order chi connectivity index (χ1) is 11.9. The van der Waals surface area contributed by atoms with E-state index in [-0.39, 0.29) is 17.3 Å². The van der Waals surface area contributed by atoms with Gasteiger partial charge in [-0.25, -0.2) is 8.42 Å². The van der Waals surface area contributed by atoms with Gasteiger partial charge >= 0.3 is 0 Å². The van der Waals surface area contributed by atoms with Gasteiger partial charge in [-0.05, 0) is 36.8 Å². The first-order valence-electron chi connectivity index (χ1n) is 7.92. The van der Waals surface area contributed by atoms with Gasteiger partial charge in [0, 0.05) is 25.0 Å². The normalized spacial score (nSPS) is 15.9. The third-order valence-electron chi connectivity index (χ3n) is 3.81. The summed E-state index contributed by atoms with van der Waals surface area (Å²) in [5.74, 6) is -0.230. The van der Waals surface area contributed by atoms with E-state index < -0.39 is 10.0 Å². The van der Waals surface area contributed by atoms with E-state index in [2.05, 4.69) is 10.4 Å². The van der Waals surface area contributed by atoms with E-state index in [4.69, 9.17) is 4.74 Å². The maximum absolute atomic E-state index is 12.5. The highest BCUT2D eigenvalue weighted by Crippen LogP contribution is 2.19. The lowest BCUT2D eigenvalue weighted by molar-refractivity contribution is -0.116. The molecule has 0 unspecified atom stereocenters. The van der Waals surface area contributed by atoms with E-state index >= 15 is 0 Å². The molecule has 1 aromatic carbocycles. The summed E-state index contributed by atoms with van der Waals surface area (Å²) in [5, 5.41) is 6.79. The first-order valence-corrected chi connectivity index (χ1v) is 9.36. The van der Waals surface area contributed by atoms with Crippen LogP contribution in [-0.4, -0.2) is 54.7 Å². The zero-order valence-corrected chi connectivity index (χ0v) is 14.7. The van der Waals surface area contributed by atoms with E-state index in [1.165, 1.54) is 16.4 Å². The van der Waals surface area contributed by atoms with Gasteiger partial charge in [0.1, 0.15) is 6.54 Å². The Kier molecular flexibility index (Phi) is 5.16. The van der Waals surface area contributed by atoms with Crippen molar-refractivity contribution in [2.24, 2.45) is 0 Å². The predicted octanol–water partition coefficient (Wildman–Crippen LogP) is 0.851. The first kappa shape index (κ1) is 17.6. The van der Waals surface area contributed by atoms with Gasteiger partial charge < -0.3 is 10.1 Å². The van der Waals surface area contributed by atoms with Crippen molar-refractivity contribution in [3.63, 3.8) is 0 Å². The number of ether oxygens (including phenoxy) is 1. The van der Waals surface area contributed by atoms with Crippen LogP contribution < -0.4 is 5.32 Å². The molecule has 25 heavy (non-hydrogen) atoms. The zero-order valence-electron chi connectivity index (χ0n) is 13.9. The lowest BCUT2D eigenvalue weighted by Crippen LogP contribution is -2.40. The Morgan fingerprint density at radius 2 is 1.92 bits per heavy atom. The summed E-state index contributed by atoms with van der Waals surface area (Å²) in [6.07, 6.45) is 3.45. The number of morpholine rings is 1. The van der Waals surface area contributed by atoms with Gasteiger partial charge in [0.15, 0.2) is 0 Å². The molecule has 1 amide bonds. The number of nitrogens with one attached hydrogen (secondary N) is 1. The average Bonchev–Trinajstić information content (AvgIpc) is 3.01. The summed E-state index contributed by atoms with van der Waals surface area (Å²) >= 11 is 0. The minimum Gasteiger partial charge on any atom is -0.379 e. The molecule has 1 fully saturated rings. The Balaban J connectivity index is 1.64. The van der Waals surface area contributed by atoms with Crippen LogP contribution in [0.3, 0.4) is 0 Å². The van der Waals surface area contributed by atoms with Crippen LogP contribution in [0.2, 0.25) is 0 Å². The number of hydrogen-bond acceptors (Lipinski definition) is 5. The van der Waals surface area contributed by atoms with Crippen molar-refractivity contribution in [2.45, 2.75) is 18.4 Å². The molecule has 9 heteroatoms. The number of rotatable bonds is 5. The topological polar surface area (TPSA) is 93.5 Å². The van der Waals surface area contributed by atoms with E-state index in [0.717, 1.165) is 5.56 Å². The van der Waals surface area contributed by atoms with Gasteiger partial charge in [-0.15, -0.1) is 0 Å². The van der Waals surface area contributed by atoms with Crippen molar-refractivity contribution in [2.75, 3.05) is 31.6 Å². The van der Waals surface area contributed by atoms with Gasteiger partial charge in [-0.3, -0.25) is 9.48 Å². The van der Waals surface area contributed by atoms with Crippen molar-refractivity contribution in [3.8, 4) is 0 Å². The van der Waals surface area contributed by atoms with Crippen LogP contribution in [0.1, 0.15) is 5.56 Å². The fourth-order valence-electron chi connectivity index (χ4n) is 2.55. The Hall–Kier alpha value is -2.23. The molecule has 0 spiro atoms. The number of aryl methyl sites for hydroxylation is 1. The largest absolute Gasteiger partial charge is 0.379 e. The van der Waals surface area contributed by atoms with Crippen LogP contribution in [0, 0.1) is 6.92 Å². The van der Waals surface area contributed by atoms with Crippen LogP contribution >= 0.6 is 0 Å². The number of carbonyl (C=O) groups excluding carboxylic acids is 1. The van der Waals surface area contributed by atoms with E-state index in [1.807, 2.05) is 6.92 Å². The molecule has 1 aliphatic heterocycles. The minimum absolute atomic E-state index is 0.0989. The molecule has 2 aromatic rings. The Morgan fingerprint density at radius 3 is 2.52 bits per heavy atom. The predicted molar refractivity (Wildman–Crippen MR) is 91.6 cm³/mol. The van der Waals surface area contributed by atoms with Gasteiger partial charge in [0.25, 0.3) is 0 Å². The fourth-order valence-corrected chi connectivity index (χ4v) is 3.96. The number of amides is 1. The molecule has 0 atom stereocenters. The maximum Gasteiger partial charge on any atom is 0.246 e. The second-order valence-electron chi connectivity index (χ2n) is 5.80. The Bertz CT molecular complexity index is 839. The summed E-state index contributed by atoms with van der Waals surface area (Å²) in [6.45, 7) is 3.51. The quantitative estimate of drug-likeness (QED) is 0.849. The SMILES string of the molecule is Cc1cnn(CC(=O)Nc2ccc(S(=O)(=O)N3CCOCC3)cc2)c1. The molecular weight excluding hydrogens is 344 g/mol. The van der Waals surface area contributed by atoms with Crippen LogP contribution in [0.15, 0.2) is 41.6 Å². The Labute approximate surface area is 146 Å². The van der Waals surface area contributed by atoms with Gasteiger partial charge in [0.05, 0.1) is 24.3 Å². The second kappa shape index (κ2) is 7.34. The monoisotopic (exact) mass is 364 g/mol. The van der Waals surface area contributed by atoms with Crippen LogP contribution in [-0.2, 0) is 26.1 Å². The van der Waals surface area contributed by atoms with Crippen LogP contribution in [0.4, 0.5) is 5.69 Å². The fraction of sp³-hybridized carbons (Fsp3) is 0.375. The lowest BCUT2D eigenvalue weighted by atomic mass is 10.3. The number of sulfonamides is 1. The van der Waals surface area contributed by atoms with E-state index in [1.54, 1.807) is 29.2 Å². The number of carbonyl (C=O) groups is 1. The molecule has 0 saturated carbocycles. The van der Waals surface area contributed by atoms with Crippen molar-refractivity contribution in [1.82, 2.24) is 14.1 Å². The Morgan fingerprint density at radius 1 is 1.24 bits per heavy atom. The maximum atomic E-state index is 12.5. The van der Waals surface area contributed by atoms with Crippen LogP contribution in [0.5, 0.6) is 0 Å². The van der Waals surface area contributed by atoms with Crippen molar-refractivity contribution in [1.29, 1.82) is 0 Å². The molecule has 0 bridgehead atoms. The molecule has 1 N–H and O–H groups in total. The summed E-state index contributed by atoms with van der Waals surface area (Å²) in [7, 11) is -3.53. The van der Waals surface area contributed by atoms with E-state index in [0.29, 0.717) is 32.0 Å². The third-order valence-corrected chi connectivity index (χ3v) is 5.73. The second-order valence-corrected chi connectivity index (χ2v) is 7.74. The molecule has 0 aliphatic carbocycles. The van der Waals surface area contributed by atoms with Gasteiger partial charge in [0.2, 0.25) is 15.9 Å². The summed E-state index contributed by atoms with van der Waals surface area (Å²) in [6, 6.07) is 6.16. The third kappa shape index (κ3) is 4.25. The minimum atomic E-state index is -3.53. The van der Waals surface area contributed by atoms with Gasteiger partial charge in [-0.1, -0.05) is 0 Å². The highest BCUT2D eigenvalue weighted by atomic mass is 32.2. The van der Waals surface area contributed by atoms with E-state index in [9.17, 15) is 13.2 Å². The zero-order chi connectivity index (χ0) is 17.9. The summed E-state index contributed by atoms with van der Waals surface area (Å²) < 4.78 is 33.2.